The Labute approximate surface area is 205 Å². The van der Waals surface area contributed by atoms with Crippen LogP contribution >= 0.6 is 0 Å². The van der Waals surface area contributed by atoms with Gasteiger partial charge in [-0.25, -0.2) is 8.60 Å². The van der Waals surface area contributed by atoms with Gasteiger partial charge in [-0.15, -0.1) is 0 Å². The van der Waals surface area contributed by atoms with E-state index in [2.05, 4.69) is 34.7 Å². The summed E-state index contributed by atoms with van der Waals surface area (Å²) in [5, 5.41) is 4.50. The average Bonchev–Trinajstić information content (AvgIpc) is 3.21. The highest BCUT2D eigenvalue weighted by atomic mass is 32.2. The molecule has 186 valence electrons. The molecule has 8 heteroatoms. The molecule has 0 spiro atoms. The molecule has 2 aliphatic rings. The number of nitrogens with zero attached hydrogens (tertiary/aromatic N) is 2. The summed E-state index contributed by atoms with van der Waals surface area (Å²) in [6.07, 6.45) is 8.71. The third-order valence-electron chi connectivity index (χ3n) is 6.17. The summed E-state index contributed by atoms with van der Waals surface area (Å²) in [7, 11) is 0.414. The molecule has 2 atom stereocenters. The van der Waals surface area contributed by atoms with Crippen molar-refractivity contribution in [2.45, 2.75) is 71.3 Å². The van der Waals surface area contributed by atoms with E-state index in [9.17, 15) is 8.60 Å². The molecule has 0 saturated carbocycles. The zero-order chi connectivity index (χ0) is 24.9. The molecule has 2 unspecified atom stereocenters. The number of allylic oxidation sites excluding steroid dienone is 3. The summed E-state index contributed by atoms with van der Waals surface area (Å²) in [6, 6.07) is 5.80. The van der Waals surface area contributed by atoms with Crippen LogP contribution in [0.5, 0.6) is 5.75 Å². The van der Waals surface area contributed by atoms with Crippen LogP contribution in [0.1, 0.15) is 65.9 Å². The van der Waals surface area contributed by atoms with Gasteiger partial charge >= 0.3 is 0 Å². The normalized spacial score (nSPS) is 23.0. The predicted octanol–water partition coefficient (Wildman–Crippen LogP) is 6.32. The van der Waals surface area contributed by atoms with Crippen molar-refractivity contribution in [3.8, 4) is 5.75 Å². The first-order chi connectivity index (χ1) is 16.2. The fourth-order valence-electron chi connectivity index (χ4n) is 4.35. The van der Waals surface area contributed by atoms with Gasteiger partial charge in [0, 0.05) is 18.2 Å². The van der Waals surface area contributed by atoms with E-state index >= 15 is 0 Å². The monoisotopic (exact) mass is 489 g/mol. The second-order valence-electron chi connectivity index (χ2n) is 8.78. The molecule has 0 radical (unpaired) electrons. The first-order valence-corrected chi connectivity index (χ1v) is 13.1. The number of piperidine rings is 1. The van der Waals surface area contributed by atoms with Crippen LogP contribution in [0.25, 0.3) is 6.08 Å². The minimum Gasteiger partial charge on any atom is -0.495 e. The third kappa shape index (κ3) is 5.37. The van der Waals surface area contributed by atoms with Gasteiger partial charge < -0.3 is 19.2 Å². The van der Waals surface area contributed by atoms with Crippen molar-refractivity contribution in [3.63, 3.8) is 0 Å². The van der Waals surface area contributed by atoms with Gasteiger partial charge in [0.15, 0.2) is 5.84 Å². The molecular weight excluding hydrogens is 453 g/mol. The van der Waals surface area contributed by atoms with Gasteiger partial charge in [0.1, 0.15) is 16.7 Å². The fraction of sp³-hybridized carbons (Fsp3) is 0.500. The molecule has 0 bridgehead atoms. The molecule has 0 amide bonds. The Morgan fingerprint density at radius 2 is 2.15 bits per heavy atom. The number of methoxy groups -OCH3 is 1. The van der Waals surface area contributed by atoms with Crippen molar-refractivity contribution < 1.29 is 18.2 Å². The van der Waals surface area contributed by atoms with Crippen LogP contribution in [-0.4, -0.2) is 39.6 Å². The first-order valence-electron chi connectivity index (χ1n) is 11.9. The van der Waals surface area contributed by atoms with Gasteiger partial charge in [0.2, 0.25) is 5.72 Å². The van der Waals surface area contributed by atoms with Crippen molar-refractivity contribution >= 4 is 28.6 Å². The Hall–Kier alpha value is -2.61. The quantitative estimate of drug-likeness (QED) is 0.413. The highest BCUT2D eigenvalue weighted by molar-refractivity contribution is 7.86. The number of ether oxygens (including phenoxy) is 1. The highest BCUT2D eigenvalue weighted by Crippen LogP contribution is 2.41. The Balaban J connectivity index is 1.91. The minimum atomic E-state index is -1.19. The van der Waals surface area contributed by atoms with Crippen molar-refractivity contribution in [2.24, 2.45) is 5.16 Å². The fourth-order valence-corrected chi connectivity index (χ4v) is 4.97. The molecule has 2 heterocycles. The third-order valence-corrected chi connectivity index (χ3v) is 7.45. The topological polar surface area (TPSA) is 63.2 Å². The van der Waals surface area contributed by atoms with Crippen molar-refractivity contribution in [2.75, 3.05) is 18.4 Å². The van der Waals surface area contributed by atoms with E-state index in [1.807, 2.05) is 38.1 Å². The number of hydrogen-bond donors (Lipinski definition) is 1. The predicted molar refractivity (Wildman–Crippen MR) is 139 cm³/mol. The van der Waals surface area contributed by atoms with Gasteiger partial charge in [-0.1, -0.05) is 31.1 Å². The highest BCUT2D eigenvalue weighted by Gasteiger charge is 2.48. The number of amidine groups is 1. The van der Waals surface area contributed by atoms with E-state index in [1.165, 1.54) is 13.0 Å². The zero-order valence-corrected chi connectivity index (χ0v) is 21.8. The van der Waals surface area contributed by atoms with Gasteiger partial charge in [-0.05, 0) is 81.0 Å². The molecule has 1 aromatic carbocycles. The van der Waals surface area contributed by atoms with Crippen LogP contribution in [-0.2, 0) is 15.8 Å². The maximum Gasteiger partial charge on any atom is 0.233 e. The second kappa shape index (κ2) is 11.2. The molecule has 6 nitrogen and oxygen atoms in total. The van der Waals surface area contributed by atoms with Crippen molar-refractivity contribution in [1.82, 2.24) is 4.90 Å². The van der Waals surface area contributed by atoms with Crippen LogP contribution < -0.4 is 9.46 Å². The summed E-state index contributed by atoms with van der Waals surface area (Å²) in [4.78, 5) is 8.33. The smallest absolute Gasteiger partial charge is 0.233 e. The van der Waals surface area contributed by atoms with Crippen LogP contribution in [0.3, 0.4) is 0 Å². The zero-order valence-electron chi connectivity index (χ0n) is 21.0. The van der Waals surface area contributed by atoms with Crippen LogP contribution in [0.2, 0.25) is 0 Å². The van der Waals surface area contributed by atoms with E-state index < -0.39 is 16.7 Å². The molecule has 1 N–H and O–H groups in total. The number of benzene rings is 1. The summed E-state index contributed by atoms with van der Waals surface area (Å²) in [5.74, 6) is 1.23. The molecular formula is C26H36FN3O3S. The lowest BCUT2D eigenvalue weighted by atomic mass is 9.91. The van der Waals surface area contributed by atoms with Gasteiger partial charge in [0.05, 0.1) is 18.6 Å². The number of fused-ring (bicyclic) bond motifs is 1. The molecule has 0 aromatic heterocycles. The Bertz CT molecular complexity index is 1040. The SMILES string of the molecule is CC/C(=C\C=C(/C)F)C1(CC)ON=C2/C(=C/c3ccc(NS(=O)C(C)C)c(OC)c3)CCCN21. The van der Waals surface area contributed by atoms with Crippen LogP contribution in [0.4, 0.5) is 10.1 Å². The largest absolute Gasteiger partial charge is 0.495 e. The van der Waals surface area contributed by atoms with Gasteiger partial charge in [0.25, 0.3) is 0 Å². The van der Waals surface area contributed by atoms with E-state index in [-0.39, 0.29) is 11.1 Å². The van der Waals surface area contributed by atoms with Crippen LogP contribution in [0, 0.1) is 0 Å². The Kier molecular flexibility index (Phi) is 8.57. The Morgan fingerprint density at radius 3 is 2.76 bits per heavy atom. The van der Waals surface area contributed by atoms with E-state index in [0.717, 1.165) is 48.4 Å². The number of oxime groups is 1. The lowest BCUT2D eigenvalue weighted by Crippen LogP contribution is -2.51. The maximum atomic E-state index is 13.4. The molecule has 2 aliphatic heterocycles. The number of nitrogens with one attached hydrogen (secondary N) is 1. The lowest BCUT2D eigenvalue weighted by molar-refractivity contribution is -0.0736. The minimum absolute atomic E-state index is 0.00898. The second-order valence-corrected chi connectivity index (χ2v) is 10.5. The van der Waals surface area contributed by atoms with Gasteiger partial charge in [-0.3, -0.25) is 0 Å². The molecule has 1 fully saturated rings. The summed E-state index contributed by atoms with van der Waals surface area (Å²) in [5.41, 5.74) is 3.06. The molecule has 3 rings (SSSR count). The number of anilines is 1. The van der Waals surface area contributed by atoms with E-state index in [0.29, 0.717) is 17.9 Å². The van der Waals surface area contributed by atoms with Crippen molar-refractivity contribution in [3.05, 3.63) is 52.9 Å². The first kappa shape index (κ1) is 26.0. The lowest BCUT2D eigenvalue weighted by Gasteiger charge is -2.40. The number of halogens is 1. The standard InChI is InChI=1S/C26H36FN3O3S/c1-7-22(13-11-19(5)27)26(8-2)30-15-9-10-21(25(30)28-33-26)16-20-12-14-23(24(17-20)32-6)29-34(31)18(3)4/h11-14,16-18,29H,7-10,15H2,1-6H3/b19-11+,21-16+,22-13+. The number of hydrogen-bond acceptors (Lipinski definition) is 5. The molecule has 1 saturated heterocycles. The van der Waals surface area contributed by atoms with Crippen molar-refractivity contribution in [1.29, 1.82) is 0 Å². The molecule has 1 aromatic rings. The summed E-state index contributed by atoms with van der Waals surface area (Å²) in [6.45, 7) is 10.2. The van der Waals surface area contributed by atoms with E-state index in [4.69, 9.17) is 9.57 Å². The number of rotatable bonds is 9. The summed E-state index contributed by atoms with van der Waals surface area (Å²) >= 11 is 0. The maximum absolute atomic E-state index is 13.4. The van der Waals surface area contributed by atoms with E-state index in [1.54, 1.807) is 7.11 Å². The Morgan fingerprint density at radius 1 is 1.38 bits per heavy atom. The molecule has 0 aliphatic carbocycles. The average molecular weight is 490 g/mol. The summed E-state index contributed by atoms with van der Waals surface area (Å²) < 4.78 is 34.2. The van der Waals surface area contributed by atoms with Gasteiger partial charge in [-0.2, -0.15) is 0 Å². The molecule has 34 heavy (non-hydrogen) atoms. The van der Waals surface area contributed by atoms with Crippen LogP contribution in [0.15, 0.2) is 52.5 Å².